The molecular formula is C15H12FNO2. The van der Waals surface area contributed by atoms with Gasteiger partial charge in [-0.3, -0.25) is 0 Å². The summed E-state index contributed by atoms with van der Waals surface area (Å²) >= 11 is 0. The molecule has 0 aliphatic rings. The van der Waals surface area contributed by atoms with Gasteiger partial charge in [-0.1, -0.05) is 12.1 Å². The highest BCUT2D eigenvalue weighted by molar-refractivity contribution is 5.33. The van der Waals surface area contributed by atoms with Crippen molar-refractivity contribution in [1.82, 2.24) is 0 Å². The highest BCUT2D eigenvalue weighted by Gasteiger charge is 2.02. The van der Waals surface area contributed by atoms with Gasteiger partial charge in [-0.05, 0) is 35.4 Å². The molecule has 2 aromatic carbocycles. The van der Waals surface area contributed by atoms with E-state index in [-0.39, 0.29) is 13.2 Å². The van der Waals surface area contributed by atoms with Crippen molar-refractivity contribution in [1.29, 1.82) is 5.26 Å². The van der Waals surface area contributed by atoms with Gasteiger partial charge in [0.25, 0.3) is 0 Å². The summed E-state index contributed by atoms with van der Waals surface area (Å²) in [5.74, 6) is -0.0984. The van der Waals surface area contributed by atoms with E-state index in [2.05, 4.69) is 0 Å². The largest absolute Gasteiger partial charge is 0.489 e. The van der Waals surface area contributed by atoms with Crippen LogP contribution in [-0.4, -0.2) is 5.11 Å². The Morgan fingerprint density at radius 1 is 1.16 bits per heavy atom. The number of hydrogen-bond acceptors (Lipinski definition) is 3. The van der Waals surface area contributed by atoms with Crippen LogP contribution in [0, 0.1) is 17.1 Å². The third-order valence-corrected chi connectivity index (χ3v) is 2.58. The number of halogens is 1. The average Bonchev–Trinajstić information content (AvgIpc) is 2.44. The minimum absolute atomic E-state index is 0.238. The van der Waals surface area contributed by atoms with Gasteiger partial charge in [0.15, 0.2) is 0 Å². The van der Waals surface area contributed by atoms with E-state index in [1.165, 1.54) is 12.1 Å². The van der Waals surface area contributed by atoms with Crippen LogP contribution >= 0.6 is 0 Å². The molecule has 1 N–H and O–H groups in total. The van der Waals surface area contributed by atoms with Crippen molar-refractivity contribution in [2.75, 3.05) is 0 Å². The molecule has 0 amide bonds. The van der Waals surface area contributed by atoms with Crippen molar-refractivity contribution in [3.8, 4) is 11.8 Å². The molecule has 19 heavy (non-hydrogen) atoms. The molecule has 0 saturated heterocycles. The molecule has 3 nitrogen and oxygen atoms in total. The van der Waals surface area contributed by atoms with E-state index in [0.29, 0.717) is 16.9 Å². The van der Waals surface area contributed by atoms with Crippen LogP contribution in [0.5, 0.6) is 5.75 Å². The summed E-state index contributed by atoms with van der Waals surface area (Å²) in [5, 5.41) is 17.8. The second kappa shape index (κ2) is 5.98. The zero-order chi connectivity index (χ0) is 13.7. The van der Waals surface area contributed by atoms with Gasteiger partial charge in [0, 0.05) is 6.07 Å². The molecule has 0 unspecified atom stereocenters. The van der Waals surface area contributed by atoms with Crippen LogP contribution in [0.2, 0.25) is 0 Å². The van der Waals surface area contributed by atoms with Gasteiger partial charge in [-0.2, -0.15) is 5.26 Å². The van der Waals surface area contributed by atoms with Crippen molar-refractivity contribution < 1.29 is 14.2 Å². The van der Waals surface area contributed by atoms with E-state index in [4.69, 9.17) is 15.1 Å². The predicted octanol–water partition coefficient (Wildman–Crippen LogP) is 2.77. The minimum Gasteiger partial charge on any atom is -0.489 e. The molecule has 0 radical (unpaired) electrons. The van der Waals surface area contributed by atoms with Crippen molar-refractivity contribution in [2.45, 2.75) is 13.2 Å². The molecule has 0 saturated carbocycles. The number of benzene rings is 2. The van der Waals surface area contributed by atoms with Crippen LogP contribution in [-0.2, 0) is 13.2 Å². The molecule has 2 rings (SSSR count). The van der Waals surface area contributed by atoms with Crippen LogP contribution < -0.4 is 4.74 Å². The lowest BCUT2D eigenvalue weighted by atomic mass is 10.1. The number of hydrogen-bond donors (Lipinski definition) is 1. The van der Waals surface area contributed by atoms with Crippen LogP contribution in [0.15, 0.2) is 42.5 Å². The third-order valence-electron chi connectivity index (χ3n) is 2.58. The number of nitrogens with zero attached hydrogens (tertiary/aromatic N) is 1. The number of rotatable bonds is 4. The number of aliphatic hydroxyl groups excluding tert-OH is 1. The molecule has 0 atom stereocenters. The Kier molecular flexibility index (Phi) is 4.11. The summed E-state index contributed by atoms with van der Waals surface area (Å²) in [7, 11) is 0. The second-order valence-corrected chi connectivity index (χ2v) is 4.05. The van der Waals surface area contributed by atoms with Crippen molar-refractivity contribution in [3.05, 3.63) is 65.0 Å². The van der Waals surface area contributed by atoms with Crippen LogP contribution in [0.4, 0.5) is 4.39 Å². The first-order valence-electron chi connectivity index (χ1n) is 5.73. The molecule has 0 bridgehead atoms. The van der Waals surface area contributed by atoms with E-state index in [1.54, 1.807) is 24.3 Å². The van der Waals surface area contributed by atoms with E-state index in [0.717, 1.165) is 5.56 Å². The quantitative estimate of drug-likeness (QED) is 0.916. The van der Waals surface area contributed by atoms with Crippen molar-refractivity contribution in [3.63, 3.8) is 0 Å². The lowest BCUT2D eigenvalue weighted by molar-refractivity contribution is 0.276. The highest BCUT2D eigenvalue weighted by Crippen LogP contribution is 2.18. The Hall–Kier alpha value is -2.38. The number of ether oxygens (including phenoxy) is 1. The maximum absolute atomic E-state index is 13.2. The molecular weight excluding hydrogens is 245 g/mol. The zero-order valence-corrected chi connectivity index (χ0v) is 10.1. The fraction of sp³-hybridized carbons (Fsp3) is 0.133. The highest BCUT2D eigenvalue weighted by atomic mass is 19.1. The van der Waals surface area contributed by atoms with E-state index < -0.39 is 5.82 Å². The summed E-state index contributed by atoms with van der Waals surface area (Å²) in [6.45, 7) is 0.00186. The Balaban J connectivity index is 2.10. The van der Waals surface area contributed by atoms with Crippen LogP contribution in [0.3, 0.4) is 0 Å². The summed E-state index contributed by atoms with van der Waals surface area (Å²) in [5.41, 5.74) is 1.84. The zero-order valence-electron chi connectivity index (χ0n) is 10.1. The van der Waals surface area contributed by atoms with Gasteiger partial charge < -0.3 is 9.84 Å². The Labute approximate surface area is 110 Å². The first-order chi connectivity index (χ1) is 9.21. The molecule has 0 aliphatic heterocycles. The predicted molar refractivity (Wildman–Crippen MR) is 67.8 cm³/mol. The summed E-state index contributed by atoms with van der Waals surface area (Å²) in [6, 6.07) is 13.1. The van der Waals surface area contributed by atoms with Gasteiger partial charge in [0.05, 0.1) is 18.2 Å². The van der Waals surface area contributed by atoms with E-state index in [1.807, 2.05) is 12.1 Å². The van der Waals surface area contributed by atoms with E-state index >= 15 is 0 Å². The molecule has 0 heterocycles. The monoisotopic (exact) mass is 257 g/mol. The molecule has 0 spiro atoms. The minimum atomic E-state index is -0.452. The van der Waals surface area contributed by atoms with Gasteiger partial charge in [0.2, 0.25) is 0 Å². The molecule has 0 fully saturated rings. The smallest absolute Gasteiger partial charge is 0.127 e. The fourth-order valence-corrected chi connectivity index (χ4v) is 1.69. The molecule has 0 aromatic heterocycles. The number of aliphatic hydroxyl groups is 1. The summed E-state index contributed by atoms with van der Waals surface area (Å²) in [6.07, 6.45) is 0. The normalized spacial score (nSPS) is 9.95. The lowest BCUT2D eigenvalue weighted by Gasteiger charge is -2.08. The second-order valence-electron chi connectivity index (χ2n) is 4.05. The van der Waals surface area contributed by atoms with Crippen LogP contribution in [0.25, 0.3) is 0 Å². The Morgan fingerprint density at radius 2 is 2.00 bits per heavy atom. The van der Waals surface area contributed by atoms with Crippen molar-refractivity contribution in [2.24, 2.45) is 0 Å². The molecule has 0 aliphatic carbocycles. The van der Waals surface area contributed by atoms with Crippen LogP contribution in [0.1, 0.15) is 16.7 Å². The summed E-state index contributed by atoms with van der Waals surface area (Å²) < 4.78 is 18.7. The Bertz CT molecular complexity index is 620. The van der Waals surface area contributed by atoms with E-state index in [9.17, 15) is 4.39 Å². The maximum Gasteiger partial charge on any atom is 0.127 e. The van der Waals surface area contributed by atoms with Crippen molar-refractivity contribution >= 4 is 0 Å². The van der Waals surface area contributed by atoms with Gasteiger partial charge in [0.1, 0.15) is 18.2 Å². The SMILES string of the molecule is N#Cc1cccc(COc2cc(F)cc(CO)c2)c1. The topological polar surface area (TPSA) is 53.2 Å². The van der Waals surface area contributed by atoms with Gasteiger partial charge in [-0.25, -0.2) is 4.39 Å². The molecule has 4 heteroatoms. The maximum atomic E-state index is 13.2. The van der Waals surface area contributed by atoms with Gasteiger partial charge >= 0.3 is 0 Å². The third kappa shape index (κ3) is 3.54. The molecule has 2 aromatic rings. The summed E-state index contributed by atoms with van der Waals surface area (Å²) in [4.78, 5) is 0. The number of nitriles is 1. The van der Waals surface area contributed by atoms with Gasteiger partial charge in [-0.15, -0.1) is 0 Å². The first kappa shape index (κ1) is 13.1. The fourth-order valence-electron chi connectivity index (χ4n) is 1.69. The first-order valence-corrected chi connectivity index (χ1v) is 5.73. The Morgan fingerprint density at radius 3 is 2.74 bits per heavy atom. The standard InChI is InChI=1S/C15H12FNO2/c16-14-5-13(9-18)6-15(7-14)19-10-12-3-1-2-11(4-12)8-17/h1-7,18H,9-10H2. The molecule has 96 valence electrons. The lowest BCUT2D eigenvalue weighted by Crippen LogP contribution is -1.97. The average molecular weight is 257 g/mol.